The average Bonchev–Trinajstić information content (AvgIpc) is 2.79. The van der Waals surface area contributed by atoms with Gasteiger partial charge in [0.15, 0.2) is 0 Å². The molecule has 2 rings (SSSR count). The van der Waals surface area contributed by atoms with Crippen LogP contribution in [0.15, 0.2) is 0 Å². The largest absolute Gasteiger partial charge is 1.00 e. The zero-order valence-corrected chi connectivity index (χ0v) is 14.9. The summed E-state index contributed by atoms with van der Waals surface area (Å²) in [7, 11) is 2.08. The summed E-state index contributed by atoms with van der Waals surface area (Å²) in [6, 6.07) is 0. The van der Waals surface area contributed by atoms with Crippen molar-refractivity contribution in [3.63, 3.8) is 0 Å². The second-order valence-corrected chi connectivity index (χ2v) is 4.24. The fraction of sp³-hybridized carbons (Fsp3) is 0.917. The number of likely N-dealkylation sites (tertiary alicyclic amines) is 1. The molecule has 94 valence electrons. The minimum atomic E-state index is 0. The standard InChI is InChI=1S/C10H18N3O.C2H6.K/c1-12-5-2-9(8-12)10(14)13-6-3-11-4-7-13;1-2;/h9H,2-8H2,1H3;1-2H3;/q-1;;+1. The third kappa shape index (κ3) is 5.68. The van der Waals surface area contributed by atoms with E-state index in [1.54, 1.807) is 0 Å². The number of carbonyl (C=O) groups is 1. The van der Waals surface area contributed by atoms with Crippen molar-refractivity contribution < 1.29 is 56.2 Å². The number of amides is 1. The van der Waals surface area contributed by atoms with E-state index in [4.69, 9.17) is 0 Å². The first-order valence-electron chi connectivity index (χ1n) is 6.38. The summed E-state index contributed by atoms with van der Waals surface area (Å²) in [5.41, 5.74) is 0. The van der Waals surface area contributed by atoms with Gasteiger partial charge in [0.25, 0.3) is 0 Å². The topological polar surface area (TPSA) is 37.7 Å². The number of hydrogen-bond acceptors (Lipinski definition) is 2. The molecule has 0 aromatic heterocycles. The number of piperazine rings is 1. The molecule has 1 unspecified atom stereocenters. The van der Waals surface area contributed by atoms with Crippen molar-refractivity contribution in [3.8, 4) is 0 Å². The zero-order chi connectivity index (χ0) is 12.0. The van der Waals surface area contributed by atoms with Crippen molar-refractivity contribution in [1.29, 1.82) is 0 Å². The van der Waals surface area contributed by atoms with E-state index in [0.717, 1.165) is 45.7 Å². The van der Waals surface area contributed by atoms with Crippen LogP contribution in [0.3, 0.4) is 0 Å². The molecule has 4 nitrogen and oxygen atoms in total. The minimum Gasteiger partial charge on any atom is -0.659 e. The van der Waals surface area contributed by atoms with Gasteiger partial charge in [-0.25, -0.2) is 0 Å². The van der Waals surface area contributed by atoms with E-state index in [1.807, 2.05) is 18.7 Å². The van der Waals surface area contributed by atoms with Gasteiger partial charge in [-0.05, 0) is 20.0 Å². The van der Waals surface area contributed by atoms with E-state index in [1.165, 1.54) is 0 Å². The molecule has 0 aliphatic carbocycles. The molecule has 0 aromatic carbocycles. The van der Waals surface area contributed by atoms with Gasteiger partial charge in [0, 0.05) is 19.6 Å². The molecule has 1 amide bonds. The predicted octanol–water partition coefficient (Wildman–Crippen LogP) is -1.82. The average molecular weight is 265 g/mol. The van der Waals surface area contributed by atoms with Gasteiger partial charge in [-0.15, -0.1) is 13.1 Å². The SMILES string of the molecule is CC.CN1CCC(C(=O)N2CC[N-]CC2)C1.[K+]. The third-order valence-electron chi connectivity index (χ3n) is 3.11. The Labute approximate surface area is 148 Å². The smallest absolute Gasteiger partial charge is 0.659 e. The molecular formula is C12H24KN3O. The van der Waals surface area contributed by atoms with Crippen LogP contribution in [-0.2, 0) is 4.79 Å². The van der Waals surface area contributed by atoms with Gasteiger partial charge in [-0.2, -0.15) is 0 Å². The molecule has 0 bridgehead atoms. The van der Waals surface area contributed by atoms with Gasteiger partial charge >= 0.3 is 51.4 Å². The van der Waals surface area contributed by atoms with Gasteiger partial charge in [-0.3, -0.25) is 4.79 Å². The Morgan fingerprint density at radius 1 is 1.18 bits per heavy atom. The monoisotopic (exact) mass is 265 g/mol. The fourth-order valence-corrected chi connectivity index (χ4v) is 2.22. The molecule has 2 aliphatic heterocycles. The van der Waals surface area contributed by atoms with Crippen molar-refractivity contribution in [1.82, 2.24) is 9.80 Å². The number of carbonyl (C=O) groups excluding carboxylic acids is 1. The van der Waals surface area contributed by atoms with Crippen LogP contribution in [0.1, 0.15) is 20.3 Å². The van der Waals surface area contributed by atoms with Crippen molar-refractivity contribution in [3.05, 3.63) is 5.32 Å². The second-order valence-electron chi connectivity index (χ2n) is 4.24. The van der Waals surface area contributed by atoms with Crippen LogP contribution in [-0.4, -0.2) is 62.0 Å². The van der Waals surface area contributed by atoms with Gasteiger partial charge in [0.05, 0.1) is 5.92 Å². The van der Waals surface area contributed by atoms with Crippen molar-refractivity contribution in [2.24, 2.45) is 5.92 Å². The summed E-state index contributed by atoms with van der Waals surface area (Å²) in [5, 5.41) is 4.25. The Kier molecular flexibility index (Phi) is 10.5. The van der Waals surface area contributed by atoms with Gasteiger partial charge in [0.1, 0.15) is 0 Å². The molecule has 2 heterocycles. The first kappa shape index (κ1) is 18.0. The quantitative estimate of drug-likeness (QED) is 0.524. The Morgan fingerprint density at radius 3 is 2.24 bits per heavy atom. The molecule has 0 N–H and O–H groups in total. The first-order chi connectivity index (χ1) is 7.77. The minimum absolute atomic E-state index is 0. The molecular weight excluding hydrogens is 241 g/mol. The van der Waals surface area contributed by atoms with E-state index < -0.39 is 0 Å². The summed E-state index contributed by atoms with van der Waals surface area (Å²) in [6.45, 7) is 9.32. The van der Waals surface area contributed by atoms with Gasteiger partial charge in [-0.1, -0.05) is 13.8 Å². The maximum absolute atomic E-state index is 12.0. The molecule has 1 atom stereocenters. The molecule has 0 aromatic rings. The maximum Gasteiger partial charge on any atom is 1.00 e. The fourth-order valence-electron chi connectivity index (χ4n) is 2.22. The zero-order valence-electron chi connectivity index (χ0n) is 11.8. The third-order valence-corrected chi connectivity index (χ3v) is 3.11. The normalized spacial score (nSPS) is 24.6. The van der Waals surface area contributed by atoms with Crippen LogP contribution in [0.25, 0.3) is 5.32 Å². The molecule has 2 saturated heterocycles. The Morgan fingerprint density at radius 2 is 1.76 bits per heavy atom. The van der Waals surface area contributed by atoms with E-state index in [0.29, 0.717) is 5.91 Å². The molecule has 5 heteroatoms. The van der Waals surface area contributed by atoms with Crippen LogP contribution in [0.4, 0.5) is 0 Å². The molecule has 0 spiro atoms. The summed E-state index contributed by atoms with van der Waals surface area (Å²) in [5.74, 6) is 0.599. The summed E-state index contributed by atoms with van der Waals surface area (Å²) in [4.78, 5) is 16.2. The summed E-state index contributed by atoms with van der Waals surface area (Å²) in [6.07, 6.45) is 1.03. The van der Waals surface area contributed by atoms with Crippen LogP contribution in [0, 0.1) is 5.92 Å². The van der Waals surface area contributed by atoms with E-state index in [-0.39, 0.29) is 57.3 Å². The van der Waals surface area contributed by atoms with Crippen LogP contribution >= 0.6 is 0 Å². The second kappa shape index (κ2) is 9.89. The van der Waals surface area contributed by atoms with Crippen LogP contribution < -0.4 is 51.4 Å². The van der Waals surface area contributed by atoms with Crippen molar-refractivity contribution >= 4 is 5.91 Å². The van der Waals surface area contributed by atoms with Crippen LogP contribution in [0.5, 0.6) is 0 Å². The molecule has 2 fully saturated rings. The number of hydrogen-bond donors (Lipinski definition) is 0. The maximum atomic E-state index is 12.0. The Bertz CT molecular complexity index is 213. The Hall–Kier alpha value is 1.03. The summed E-state index contributed by atoms with van der Waals surface area (Å²) < 4.78 is 0. The summed E-state index contributed by atoms with van der Waals surface area (Å²) >= 11 is 0. The Balaban J connectivity index is 0.000000811. The van der Waals surface area contributed by atoms with E-state index >= 15 is 0 Å². The molecule has 0 radical (unpaired) electrons. The molecule has 0 saturated carbocycles. The van der Waals surface area contributed by atoms with Crippen molar-refractivity contribution in [2.75, 3.05) is 46.3 Å². The predicted molar refractivity (Wildman–Crippen MR) is 66.6 cm³/mol. The van der Waals surface area contributed by atoms with Crippen molar-refractivity contribution in [2.45, 2.75) is 20.3 Å². The van der Waals surface area contributed by atoms with Gasteiger partial charge < -0.3 is 15.1 Å². The van der Waals surface area contributed by atoms with Gasteiger partial charge in [0.2, 0.25) is 5.91 Å². The van der Waals surface area contributed by atoms with Crippen LogP contribution in [0.2, 0.25) is 0 Å². The number of nitrogens with zero attached hydrogens (tertiary/aromatic N) is 3. The van der Waals surface area contributed by atoms with E-state index in [2.05, 4.69) is 17.3 Å². The molecule has 17 heavy (non-hydrogen) atoms. The first-order valence-corrected chi connectivity index (χ1v) is 6.38. The van der Waals surface area contributed by atoms with E-state index in [9.17, 15) is 4.79 Å². The number of rotatable bonds is 1. The molecule has 2 aliphatic rings.